The maximum atomic E-state index is 6.15. The highest BCUT2D eigenvalue weighted by atomic mass is 16.7. The molecule has 2 aromatic heterocycles. The van der Waals surface area contributed by atoms with Crippen molar-refractivity contribution in [2.24, 2.45) is 7.05 Å². The number of benzene rings is 1. The van der Waals surface area contributed by atoms with Crippen molar-refractivity contribution in [2.75, 3.05) is 0 Å². The van der Waals surface area contributed by atoms with Gasteiger partial charge < -0.3 is 9.31 Å². The van der Waals surface area contributed by atoms with Gasteiger partial charge in [0.15, 0.2) is 5.82 Å². The normalized spacial score (nSPS) is 18.0. The summed E-state index contributed by atoms with van der Waals surface area (Å²) in [7, 11) is 1.49. The average Bonchev–Trinajstić information content (AvgIpc) is 3.16. The Morgan fingerprint density at radius 2 is 1.56 bits per heavy atom. The van der Waals surface area contributed by atoms with E-state index in [4.69, 9.17) is 9.31 Å². The summed E-state index contributed by atoms with van der Waals surface area (Å²) in [5.41, 5.74) is 3.10. The van der Waals surface area contributed by atoms with Crippen molar-refractivity contribution < 1.29 is 9.31 Å². The summed E-state index contributed by atoms with van der Waals surface area (Å²) < 4.78 is 14.1. The first-order valence-electron chi connectivity index (χ1n) is 9.02. The summed E-state index contributed by atoms with van der Waals surface area (Å²) >= 11 is 0. The molecule has 1 aliphatic rings. The van der Waals surface area contributed by atoms with E-state index in [1.807, 2.05) is 49.9 Å². The molecule has 0 unspecified atom stereocenters. The average molecular weight is 362 g/mol. The second kappa shape index (κ2) is 6.28. The quantitative estimate of drug-likeness (QED) is 0.671. The standard InChI is InChI=1S/C20H23BN4O2/c1-19(2)20(3,4)27-21(26-19)17-8-6-7-14(9-17)18-22-10-15(11-23-18)16-12-24-25(5)13-16/h6-13H,1-5H3. The lowest BCUT2D eigenvalue weighted by Crippen LogP contribution is -2.41. The van der Waals surface area contributed by atoms with E-state index >= 15 is 0 Å². The molecule has 6 nitrogen and oxygen atoms in total. The topological polar surface area (TPSA) is 62.1 Å². The van der Waals surface area contributed by atoms with Crippen molar-refractivity contribution in [3.63, 3.8) is 0 Å². The van der Waals surface area contributed by atoms with Crippen molar-refractivity contribution in [3.05, 3.63) is 49.1 Å². The molecule has 0 spiro atoms. The fourth-order valence-electron chi connectivity index (χ4n) is 3.00. The maximum Gasteiger partial charge on any atom is 0.494 e. The van der Waals surface area contributed by atoms with Crippen molar-refractivity contribution >= 4 is 12.6 Å². The van der Waals surface area contributed by atoms with Gasteiger partial charge in [-0.25, -0.2) is 9.97 Å². The molecule has 27 heavy (non-hydrogen) atoms. The van der Waals surface area contributed by atoms with Gasteiger partial charge in [-0.3, -0.25) is 4.68 Å². The molecule has 0 radical (unpaired) electrons. The van der Waals surface area contributed by atoms with Gasteiger partial charge in [-0.2, -0.15) is 5.10 Å². The molecular weight excluding hydrogens is 339 g/mol. The molecular formula is C20H23BN4O2. The van der Waals surface area contributed by atoms with Gasteiger partial charge in [0.05, 0.1) is 17.4 Å². The number of aromatic nitrogens is 4. The van der Waals surface area contributed by atoms with Gasteiger partial charge in [-0.1, -0.05) is 24.3 Å². The summed E-state index contributed by atoms with van der Waals surface area (Å²) in [5.74, 6) is 0.668. The Balaban J connectivity index is 1.60. The van der Waals surface area contributed by atoms with Crippen LogP contribution in [-0.2, 0) is 16.4 Å². The highest BCUT2D eigenvalue weighted by molar-refractivity contribution is 6.62. The lowest BCUT2D eigenvalue weighted by Gasteiger charge is -2.32. The molecule has 0 saturated carbocycles. The minimum absolute atomic E-state index is 0.366. The highest BCUT2D eigenvalue weighted by Gasteiger charge is 2.51. The number of hydrogen-bond acceptors (Lipinski definition) is 5. The molecule has 0 N–H and O–H groups in total. The Kier molecular flexibility index (Phi) is 4.16. The molecule has 0 atom stereocenters. The number of aryl methyl sites for hydroxylation is 1. The number of nitrogens with zero attached hydrogens (tertiary/aromatic N) is 4. The second-order valence-electron chi connectivity index (χ2n) is 7.91. The van der Waals surface area contributed by atoms with Gasteiger partial charge >= 0.3 is 7.12 Å². The van der Waals surface area contributed by atoms with Crippen LogP contribution in [0.3, 0.4) is 0 Å². The predicted octanol–water partition coefficient (Wildman–Crippen LogP) is 2.84. The van der Waals surface area contributed by atoms with Gasteiger partial charge in [0.2, 0.25) is 0 Å². The van der Waals surface area contributed by atoms with Crippen molar-refractivity contribution in [1.29, 1.82) is 0 Å². The summed E-state index contributed by atoms with van der Waals surface area (Å²) in [6.07, 6.45) is 7.39. The molecule has 1 aromatic carbocycles. The second-order valence-corrected chi connectivity index (χ2v) is 7.91. The molecule has 0 bridgehead atoms. The third-order valence-corrected chi connectivity index (χ3v) is 5.36. The first-order chi connectivity index (χ1) is 12.7. The Hall–Kier alpha value is -2.51. The minimum Gasteiger partial charge on any atom is -0.399 e. The van der Waals surface area contributed by atoms with Crippen molar-refractivity contribution in [1.82, 2.24) is 19.7 Å². The SMILES string of the molecule is Cn1cc(-c2cnc(-c3cccc(B4OC(C)(C)C(C)(C)O4)c3)nc2)cn1. The van der Waals surface area contributed by atoms with Crippen LogP contribution in [0, 0.1) is 0 Å². The van der Waals surface area contributed by atoms with E-state index in [9.17, 15) is 0 Å². The lowest BCUT2D eigenvalue weighted by molar-refractivity contribution is 0.00578. The summed E-state index contributed by atoms with van der Waals surface area (Å²) in [6, 6.07) is 8.01. The maximum absolute atomic E-state index is 6.15. The van der Waals surface area contributed by atoms with E-state index in [1.54, 1.807) is 10.9 Å². The first kappa shape index (κ1) is 17.9. The molecule has 4 rings (SSSR count). The zero-order chi connectivity index (χ0) is 19.2. The Labute approximate surface area is 159 Å². The highest BCUT2D eigenvalue weighted by Crippen LogP contribution is 2.36. The zero-order valence-corrected chi connectivity index (χ0v) is 16.3. The monoisotopic (exact) mass is 362 g/mol. The largest absolute Gasteiger partial charge is 0.494 e. The van der Waals surface area contributed by atoms with Gasteiger partial charge in [0.1, 0.15) is 0 Å². The fourth-order valence-corrected chi connectivity index (χ4v) is 3.00. The van der Waals surface area contributed by atoms with Crippen molar-refractivity contribution in [2.45, 2.75) is 38.9 Å². The third kappa shape index (κ3) is 3.28. The zero-order valence-electron chi connectivity index (χ0n) is 16.3. The first-order valence-corrected chi connectivity index (χ1v) is 9.02. The Morgan fingerprint density at radius 1 is 0.889 bits per heavy atom. The van der Waals surface area contributed by atoms with Crippen LogP contribution in [0.5, 0.6) is 0 Å². The summed E-state index contributed by atoms with van der Waals surface area (Å²) in [5, 5.41) is 4.19. The summed E-state index contributed by atoms with van der Waals surface area (Å²) in [6.45, 7) is 8.21. The molecule has 1 fully saturated rings. The smallest absolute Gasteiger partial charge is 0.399 e. The summed E-state index contributed by atoms with van der Waals surface area (Å²) in [4.78, 5) is 9.06. The molecule has 3 heterocycles. The molecule has 7 heteroatoms. The van der Waals surface area contributed by atoms with Crippen LogP contribution in [0.4, 0.5) is 0 Å². The molecule has 138 valence electrons. The van der Waals surface area contributed by atoms with E-state index < -0.39 is 7.12 Å². The fraction of sp³-hybridized carbons (Fsp3) is 0.350. The van der Waals surface area contributed by atoms with Crippen LogP contribution in [0.25, 0.3) is 22.5 Å². The van der Waals surface area contributed by atoms with Gasteiger partial charge in [0, 0.05) is 42.3 Å². The van der Waals surface area contributed by atoms with Crippen LogP contribution in [0.15, 0.2) is 49.1 Å². The van der Waals surface area contributed by atoms with Crippen LogP contribution in [-0.4, -0.2) is 38.1 Å². The van der Waals surface area contributed by atoms with E-state index in [0.29, 0.717) is 5.82 Å². The Morgan fingerprint density at radius 3 is 2.15 bits per heavy atom. The van der Waals surface area contributed by atoms with Crippen molar-refractivity contribution in [3.8, 4) is 22.5 Å². The molecule has 0 amide bonds. The van der Waals surface area contributed by atoms with Gasteiger partial charge in [0.25, 0.3) is 0 Å². The van der Waals surface area contributed by atoms with Gasteiger partial charge in [-0.15, -0.1) is 0 Å². The third-order valence-electron chi connectivity index (χ3n) is 5.36. The van der Waals surface area contributed by atoms with Gasteiger partial charge in [-0.05, 0) is 33.2 Å². The van der Waals surface area contributed by atoms with Crippen LogP contribution >= 0.6 is 0 Å². The predicted molar refractivity (Wildman–Crippen MR) is 105 cm³/mol. The van der Waals surface area contributed by atoms with Crippen LogP contribution < -0.4 is 5.46 Å². The van der Waals surface area contributed by atoms with E-state index in [2.05, 4.69) is 42.8 Å². The molecule has 0 aliphatic carbocycles. The number of rotatable bonds is 3. The molecule has 1 aliphatic heterocycles. The lowest BCUT2D eigenvalue weighted by atomic mass is 9.78. The van der Waals surface area contributed by atoms with E-state index in [0.717, 1.165) is 22.2 Å². The molecule has 1 saturated heterocycles. The Bertz CT molecular complexity index is 950. The minimum atomic E-state index is -0.399. The number of hydrogen-bond donors (Lipinski definition) is 0. The van der Waals surface area contributed by atoms with Crippen LogP contribution in [0.2, 0.25) is 0 Å². The van der Waals surface area contributed by atoms with E-state index in [1.165, 1.54) is 0 Å². The molecule has 3 aromatic rings. The van der Waals surface area contributed by atoms with Crippen LogP contribution in [0.1, 0.15) is 27.7 Å². The van der Waals surface area contributed by atoms with E-state index in [-0.39, 0.29) is 11.2 Å².